The van der Waals surface area contributed by atoms with Gasteiger partial charge in [0.2, 0.25) is 5.78 Å². The summed E-state index contributed by atoms with van der Waals surface area (Å²) >= 11 is 0. The van der Waals surface area contributed by atoms with Gasteiger partial charge in [0.15, 0.2) is 17.2 Å². The van der Waals surface area contributed by atoms with Gasteiger partial charge in [-0.25, -0.2) is 8.78 Å². The zero-order valence-electron chi connectivity index (χ0n) is 10.4. The van der Waals surface area contributed by atoms with Crippen molar-refractivity contribution < 1.29 is 18.0 Å². The second-order valence-electron chi connectivity index (χ2n) is 4.50. The number of Topliss-reactive ketones (excluding diaryl/α,β-unsaturated/α-hetero) is 1. The molecule has 100 valence electrons. The number of hydrogen-bond donors (Lipinski definition) is 0. The third-order valence-electron chi connectivity index (χ3n) is 3.02. The van der Waals surface area contributed by atoms with Crippen molar-refractivity contribution in [1.82, 2.24) is 0 Å². The van der Waals surface area contributed by atoms with Gasteiger partial charge in [0.1, 0.15) is 5.82 Å². The van der Waals surface area contributed by atoms with Gasteiger partial charge in [-0.2, -0.15) is 0 Å². The number of rotatable bonds is 3. The van der Waals surface area contributed by atoms with Crippen LogP contribution >= 0.6 is 0 Å². The van der Waals surface area contributed by atoms with Crippen LogP contribution in [-0.2, 0) is 6.42 Å². The van der Waals surface area contributed by atoms with Crippen LogP contribution in [0.2, 0.25) is 0 Å². The van der Waals surface area contributed by atoms with Crippen LogP contribution in [0.5, 0.6) is 0 Å². The Morgan fingerprint density at radius 3 is 2.60 bits per heavy atom. The summed E-state index contributed by atoms with van der Waals surface area (Å²) in [4.78, 5) is 12.1. The summed E-state index contributed by atoms with van der Waals surface area (Å²) in [5.74, 6) is -1.14. The van der Waals surface area contributed by atoms with E-state index in [2.05, 4.69) is 0 Å². The topological polar surface area (TPSA) is 30.2 Å². The molecule has 4 heteroatoms. The molecule has 2 nitrogen and oxygen atoms in total. The highest BCUT2D eigenvalue weighted by Crippen LogP contribution is 2.23. The molecule has 2 aromatic carbocycles. The highest BCUT2D eigenvalue weighted by Gasteiger charge is 2.15. The number of ketones is 1. The standard InChI is InChI=1S/C16H10F2O2/c17-12-5-1-3-10(7-12)8-14(19)15-9-11-4-2-6-13(18)16(11)20-15/h1-7,9H,8H2. The summed E-state index contributed by atoms with van der Waals surface area (Å²) < 4.78 is 31.8. The lowest BCUT2D eigenvalue weighted by molar-refractivity contribution is 0.0968. The predicted molar refractivity (Wildman–Crippen MR) is 70.6 cm³/mol. The minimum absolute atomic E-state index is 0.0131. The van der Waals surface area contributed by atoms with Gasteiger partial charge in [0.25, 0.3) is 0 Å². The molecule has 0 saturated heterocycles. The summed E-state index contributed by atoms with van der Waals surface area (Å²) in [5.41, 5.74) is 0.617. The number of hydrogen-bond acceptors (Lipinski definition) is 2. The normalized spacial score (nSPS) is 10.9. The highest BCUT2D eigenvalue weighted by molar-refractivity contribution is 5.98. The molecule has 3 rings (SSSR count). The Balaban J connectivity index is 1.91. The van der Waals surface area contributed by atoms with E-state index >= 15 is 0 Å². The molecule has 0 atom stereocenters. The largest absolute Gasteiger partial charge is 0.450 e. The molecule has 0 N–H and O–H groups in total. The molecule has 20 heavy (non-hydrogen) atoms. The molecule has 0 aliphatic rings. The van der Waals surface area contributed by atoms with Crippen LogP contribution in [0.1, 0.15) is 16.1 Å². The fourth-order valence-corrected chi connectivity index (χ4v) is 2.08. The zero-order valence-corrected chi connectivity index (χ0v) is 10.4. The molecule has 0 unspecified atom stereocenters. The van der Waals surface area contributed by atoms with E-state index in [9.17, 15) is 13.6 Å². The van der Waals surface area contributed by atoms with Crippen molar-refractivity contribution in [3.8, 4) is 0 Å². The monoisotopic (exact) mass is 272 g/mol. The molecule has 0 bridgehead atoms. The quantitative estimate of drug-likeness (QED) is 0.671. The minimum Gasteiger partial charge on any atom is -0.450 e. The summed E-state index contributed by atoms with van der Waals surface area (Å²) in [6.45, 7) is 0. The first-order valence-corrected chi connectivity index (χ1v) is 6.09. The van der Waals surface area contributed by atoms with E-state index in [1.165, 1.54) is 30.3 Å². The first kappa shape index (κ1) is 12.5. The molecule has 0 aliphatic carbocycles. The van der Waals surface area contributed by atoms with E-state index in [1.807, 2.05) is 0 Å². The molecule has 1 heterocycles. The number of halogens is 2. The Morgan fingerprint density at radius 2 is 1.85 bits per heavy atom. The Bertz CT molecular complexity index is 790. The van der Waals surface area contributed by atoms with Crippen LogP contribution in [0, 0.1) is 11.6 Å². The van der Waals surface area contributed by atoms with E-state index in [0.717, 1.165) is 0 Å². The second-order valence-corrected chi connectivity index (χ2v) is 4.50. The fraction of sp³-hybridized carbons (Fsp3) is 0.0625. The Labute approximate surface area is 113 Å². The number of benzene rings is 2. The maximum absolute atomic E-state index is 13.5. The molecule has 0 amide bonds. The number of carbonyl (C=O) groups is 1. The van der Waals surface area contributed by atoms with Crippen LogP contribution in [0.4, 0.5) is 8.78 Å². The second kappa shape index (κ2) is 4.89. The Morgan fingerprint density at radius 1 is 1.05 bits per heavy atom. The van der Waals surface area contributed by atoms with Gasteiger partial charge in [-0.15, -0.1) is 0 Å². The maximum Gasteiger partial charge on any atom is 0.202 e. The molecule has 0 radical (unpaired) electrons. The maximum atomic E-state index is 13.5. The van der Waals surface area contributed by atoms with Crippen molar-refractivity contribution in [3.05, 3.63) is 71.5 Å². The van der Waals surface area contributed by atoms with Gasteiger partial charge in [-0.1, -0.05) is 24.3 Å². The predicted octanol–water partition coefficient (Wildman–Crippen LogP) is 4.14. The lowest BCUT2D eigenvalue weighted by atomic mass is 10.1. The third kappa shape index (κ3) is 2.32. The fourth-order valence-electron chi connectivity index (χ4n) is 2.08. The number of carbonyl (C=O) groups excluding carboxylic acids is 1. The molecular weight excluding hydrogens is 262 g/mol. The summed E-state index contributed by atoms with van der Waals surface area (Å²) in [7, 11) is 0. The van der Waals surface area contributed by atoms with Crippen molar-refractivity contribution in [2.24, 2.45) is 0 Å². The van der Waals surface area contributed by atoms with Gasteiger partial charge in [-0.3, -0.25) is 4.79 Å². The average molecular weight is 272 g/mol. The minimum atomic E-state index is -0.507. The lowest BCUT2D eigenvalue weighted by Crippen LogP contribution is -2.02. The molecule has 3 aromatic rings. The molecule has 0 spiro atoms. The van der Waals surface area contributed by atoms with Crippen LogP contribution < -0.4 is 0 Å². The third-order valence-corrected chi connectivity index (χ3v) is 3.02. The summed E-state index contributed by atoms with van der Waals surface area (Å²) in [6, 6.07) is 11.8. The van der Waals surface area contributed by atoms with Gasteiger partial charge in [0.05, 0.1) is 0 Å². The zero-order chi connectivity index (χ0) is 14.1. The van der Waals surface area contributed by atoms with E-state index in [1.54, 1.807) is 18.2 Å². The van der Waals surface area contributed by atoms with Gasteiger partial charge < -0.3 is 4.42 Å². The molecule has 0 fully saturated rings. The van der Waals surface area contributed by atoms with E-state index in [4.69, 9.17) is 4.42 Å². The van der Waals surface area contributed by atoms with Crippen molar-refractivity contribution >= 4 is 16.8 Å². The van der Waals surface area contributed by atoms with Crippen LogP contribution in [0.15, 0.2) is 52.9 Å². The highest BCUT2D eigenvalue weighted by atomic mass is 19.1. The number of fused-ring (bicyclic) bond motifs is 1. The lowest BCUT2D eigenvalue weighted by Gasteiger charge is -1.98. The van der Waals surface area contributed by atoms with Crippen molar-refractivity contribution in [1.29, 1.82) is 0 Å². The SMILES string of the molecule is O=C(Cc1cccc(F)c1)c1cc2cccc(F)c2o1. The molecule has 0 aliphatic heterocycles. The van der Waals surface area contributed by atoms with E-state index in [-0.39, 0.29) is 23.5 Å². The molecule has 0 saturated carbocycles. The van der Waals surface area contributed by atoms with Gasteiger partial charge >= 0.3 is 0 Å². The Kier molecular flexibility index (Phi) is 3.06. The van der Waals surface area contributed by atoms with Gasteiger partial charge in [0, 0.05) is 11.8 Å². The van der Waals surface area contributed by atoms with Crippen LogP contribution in [-0.4, -0.2) is 5.78 Å². The first-order chi connectivity index (χ1) is 9.63. The molecule has 1 aromatic heterocycles. The van der Waals surface area contributed by atoms with Crippen molar-refractivity contribution in [2.45, 2.75) is 6.42 Å². The van der Waals surface area contributed by atoms with Gasteiger partial charge in [-0.05, 0) is 29.8 Å². The summed E-state index contributed by atoms with van der Waals surface area (Å²) in [5, 5.41) is 0.535. The van der Waals surface area contributed by atoms with Crippen molar-refractivity contribution in [2.75, 3.05) is 0 Å². The Hall–Kier alpha value is -2.49. The van der Waals surface area contributed by atoms with E-state index in [0.29, 0.717) is 10.9 Å². The first-order valence-electron chi connectivity index (χ1n) is 6.09. The van der Waals surface area contributed by atoms with Crippen molar-refractivity contribution in [3.63, 3.8) is 0 Å². The molecular formula is C16H10F2O2. The average Bonchev–Trinajstić information content (AvgIpc) is 2.84. The number of furan rings is 1. The summed E-state index contributed by atoms with van der Waals surface area (Å²) in [6.07, 6.45) is 0.0131. The number of para-hydroxylation sites is 1. The van der Waals surface area contributed by atoms with E-state index < -0.39 is 11.6 Å². The van der Waals surface area contributed by atoms with Crippen LogP contribution in [0.3, 0.4) is 0 Å². The smallest absolute Gasteiger partial charge is 0.202 e. The van der Waals surface area contributed by atoms with Crippen LogP contribution in [0.25, 0.3) is 11.0 Å².